The Morgan fingerprint density at radius 2 is 1.72 bits per heavy atom. The molecule has 0 spiro atoms. The van der Waals surface area contributed by atoms with Crippen molar-refractivity contribution >= 4 is 52.1 Å². The second-order valence-corrected chi connectivity index (χ2v) is 9.33. The van der Waals surface area contributed by atoms with Crippen molar-refractivity contribution in [3.63, 3.8) is 0 Å². The van der Waals surface area contributed by atoms with Crippen molar-refractivity contribution in [2.24, 2.45) is 0 Å². The molecule has 0 bridgehead atoms. The van der Waals surface area contributed by atoms with Gasteiger partial charge in [-0.15, -0.1) is 0 Å². The predicted octanol–water partition coefficient (Wildman–Crippen LogP) is 4.94. The molecule has 8 heteroatoms. The van der Waals surface area contributed by atoms with Gasteiger partial charge in [0.2, 0.25) is 11.8 Å². The molecule has 1 atom stereocenters. The first-order valence-corrected chi connectivity index (χ1v) is 11.8. The molecule has 0 aromatic heterocycles. The van der Waals surface area contributed by atoms with E-state index in [0.717, 1.165) is 30.8 Å². The second kappa shape index (κ2) is 10.1. The van der Waals surface area contributed by atoms with Crippen LogP contribution in [0.1, 0.15) is 31.2 Å². The first kappa shape index (κ1) is 22.9. The molecule has 0 aliphatic carbocycles. The van der Waals surface area contributed by atoms with Crippen LogP contribution in [0.4, 0.5) is 17.1 Å². The summed E-state index contributed by atoms with van der Waals surface area (Å²) in [5.74, 6) is -0.281. The van der Waals surface area contributed by atoms with Crippen LogP contribution in [-0.2, 0) is 9.59 Å². The summed E-state index contributed by atoms with van der Waals surface area (Å²) < 4.78 is 0. The summed E-state index contributed by atoms with van der Waals surface area (Å²) in [7, 11) is 0. The predicted molar refractivity (Wildman–Crippen MR) is 131 cm³/mol. The summed E-state index contributed by atoms with van der Waals surface area (Å²) >= 11 is 12.1. The first-order valence-electron chi connectivity index (χ1n) is 11.1. The number of amides is 2. The lowest BCUT2D eigenvalue weighted by Gasteiger charge is -2.24. The van der Waals surface area contributed by atoms with Gasteiger partial charge >= 0.3 is 0 Å². The highest BCUT2D eigenvalue weighted by Gasteiger charge is 2.32. The average molecular weight is 475 g/mol. The largest absolute Gasteiger partial charge is 0.372 e. The molecule has 2 aliphatic heterocycles. The second-order valence-electron chi connectivity index (χ2n) is 8.48. The van der Waals surface area contributed by atoms with Crippen LogP contribution in [0.2, 0.25) is 10.0 Å². The summed E-state index contributed by atoms with van der Waals surface area (Å²) in [5.41, 5.74) is 3.57. The fourth-order valence-electron chi connectivity index (χ4n) is 4.45. The van der Waals surface area contributed by atoms with Crippen LogP contribution < -0.4 is 15.5 Å². The van der Waals surface area contributed by atoms with E-state index in [9.17, 15) is 9.59 Å². The molecule has 6 nitrogen and oxygen atoms in total. The van der Waals surface area contributed by atoms with Crippen molar-refractivity contribution < 1.29 is 9.59 Å². The number of carbonyl (C=O) groups is 2. The van der Waals surface area contributed by atoms with Crippen LogP contribution in [-0.4, -0.2) is 48.9 Å². The third-order valence-electron chi connectivity index (χ3n) is 6.16. The summed E-state index contributed by atoms with van der Waals surface area (Å²) in [5, 5.41) is 6.78. The molecule has 0 radical (unpaired) electrons. The Kier molecular flexibility index (Phi) is 7.23. The minimum absolute atomic E-state index is 0.119. The molecule has 2 aromatic carbocycles. The minimum atomic E-state index is -0.369. The highest BCUT2D eigenvalue weighted by Crippen LogP contribution is 2.28. The van der Waals surface area contributed by atoms with Gasteiger partial charge in [-0.1, -0.05) is 23.2 Å². The van der Waals surface area contributed by atoms with Gasteiger partial charge in [0.1, 0.15) is 0 Å². The number of anilines is 3. The van der Waals surface area contributed by atoms with Crippen molar-refractivity contribution in [1.82, 2.24) is 4.90 Å². The zero-order valence-electron chi connectivity index (χ0n) is 18.2. The zero-order valence-corrected chi connectivity index (χ0v) is 19.7. The number of benzene rings is 2. The molecule has 2 amide bonds. The van der Waals surface area contributed by atoms with E-state index in [1.807, 2.05) is 17.9 Å². The molecule has 2 aliphatic rings. The molecule has 170 valence electrons. The minimum Gasteiger partial charge on any atom is -0.372 e. The van der Waals surface area contributed by atoms with Crippen molar-refractivity contribution in [2.75, 3.05) is 41.7 Å². The maximum Gasteiger partial charge on any atom is 0.241 e. The number of hydrogen-bond donors (Lipinski definition) is 2. The van der Waals surface area contributed by atoms with Crippen LogP contribution in [0.5, 0.6) is 0 Å². The lowest BCUT2D eigenvalue weighted by atomic mass is 10.1. The standard InChI is InChI=1S/C24H28Cl2N4O2/c1-16-13-18(29-10-2-3-11-29)7-9-20(16)27-23(31)15-30-12-4-5-22(30)24(32)28-21-8-6-17(25)14-19(21)26/h6-9,13-14,22H,2-5,10-12,15H2,1H3,(H,27,31)(H,28,32)/t22-/m1/s1. The van der Waals surface area contributed by atoms with Gasteiger partial charge in [-0.3, -0.25) is 14.5 Å². The number of aryl methyl sites for hydroxylation is 1. The monoisotopic (exact) mass is 474 g/mol. The zero-order chi connectivity index (χ0) is 22.7. The molecule has 2 saturated heterocycles. The fraction of sp³-hybridized carbons (Fsp3) is 0.417. The third-order valence-corrected chi connectivity index (χ3v) is 6.71. The highest BCUT2D eigenvalue weighted by atomic mass is 35.5. The van der Waals surface area contributed by atoms with Crippen molar-refractivity contribution in [2.45, 2.75) is 38.6 Å². The number of likely N-dealkylation sites (tertiary alicyclic amines) is 1. The molecule has 4 rings (SSSR count). The summed E-state index contributed by atoms with van der Waals surface area (Å²) in [6.07, 6.45) is 4.02. The van der Waals surface area contributed by atoms with Gasteiger partial charge in [-0.05, 0) is 81.1 Å². The smallest absolute Gasteiger partial charge is 0.241 e. The lowest BCUT2D eigenvalue weighted by molar-refractivity contribution is -0.122. The molecule has 2 fully saturated rings. The Hall–Kier alpha value is -2.28. The van der Waals surface area contributed by atoms with Gasteiger partial charge in [-0.2, -0.15) is 0 Å². The van der Waals surface area contributed by atoms with Crippen LogP contribution in [0.25, 0.3) is 0 Å². The van der Waals surface area contributed by atoms with Crippen molar-refractivity contribution in [3.05, 3.63) is 52.0 Å². The molecule has 32 heavy (non-hydrogen) atoms. The normalized spacial score (nSPS) is 18.7. The molecule has 0 saturated carbocycles. The van der Waals surface area contributed by atoms with E-state index in [4.69, 9.17) is 23.2 Å². The van der Waals surface area contributed by atoms with Gasteiger partial charge in [0.25, 0.3) is 0 Å². The molecule has 2 aromatic rings. The Balaban J connectivity index is 1.35. The average Bonchev–Trinajstić information content (AvgIpc) is 3.44. The Labute approximate surface area is 198 Å². The first-order chi connectivity index (χ1) is 15.4. The molecule has 2 N–H and O–H groups in total. The summed E-state index contributed by atoms with van der Waals surface area (Å²) in [6.45, 7) is 5.05. The number of hydrogen-bond acceptors (Lipinski definition) is 4. The summed E-state index contributed by atoms with van der Waals surface area (Å²) in [4.78, 5) is 29.9. The van der Waals surface area contributed by atoms with E-state index in [1.54, 1.807) is 18.2 Å². The van der Waals surface area contributed by atoms with Gasteiger partial charge in [0.15, 0.2) is 0 Å². The van der Waals surface area contributed by atoms with Crippen LogP contribution in [0.3, 0.4) is 0 Å². The van der Waals surface area contributed by atoms with Crippen LogP contribution in [0.15, 0.2) is 36.4 Å². The number of nitrogens with one attached hydrogen (secondary N) is 2. The van der Waals surface area contributed by atoms with E-state index in [0.29, 0.717) is 28.7 Å². The molecular weight excluding hydrogens is 447 g/mol. The van der Waals surface area contributed by atoms with Crippen LogP contribution >= 0.6 is 23.2 Å². The summed E-state index contributed by atoms with van der Waals surface area (Å²) in [6, 6.07) is 10.8. The number of carbonyl (C=O) groups excluding carboxylic acids is 2. The Morgan fingerprint density at radius 1 is 0.969 bits per heavy atom. The SMILES string of the molecule is Cc1cc(N2CCCC2)ccc1NC(=O)CN1CCC[C@@H]1C(=O)Nc1ccc(Cl)cc1Cl. The van der Waals surface area contributed by atoms with E-state index in [-0.39, 0.29) is 24.4 Å². The maximum absolute atomic E-state index is 12.8. The van der Waals surface area contributed by atoms with E-state index < -0.39 is 0 Å². The number of nitrogens with zero attached hydrogens (tertiary/aromatic N) is 2. The van der Waals surface area contributed by atoms with Gasteiger partial charge < -0.3 is 15.5 Å². The quantitative estimate of drug-likeness (QED) is 0.621. The van der Waals surface area contributed by atoms with E-state index in [2.05, 4.69) is 27.7 Å². The fourth-order valence-corrected chi connectivity index (χ4v) is 4.91. The van der Waals surface area contributed by atoms with E-state index in [1.165, 1.54) is 18.5 Å². The number of halogens is 2. The maximum atomic E-state index is 12.8. The van der Waals surface area contributed by atoms with Gasteiger partial charge in [0, 0.05) is 29.5 Å². The number of rotatable bonds is 6. The molecule has 0 unspecified atom stereocenters. The van der Waals surface area contributed by atoms with E-state index >= 15 is 0 Å². The lowest BCUT2D eigenvalue weighted by Crippen LogP contribution is -2.43. The van der Waals surface area contributed by atoms with Crippen LogP contribution in [0, 0.1) is 6.92 Å². The van der Waals surface area contributed by atoms with Crippen molar-refractivity contribution in [1.29, 1.82) is 0 Å². The highest BCUT2D eigenvalue weighted by molar-refractivity contribution is 6.36. The Morgan fingerprint density at radius 3 is 2.44 bits per heavy atom. The van der Waals surface area contributed by atoms with Gasteiger partial charge in [0.05, 0.1) is 23.3 Å². The molecule has 2 heterocycles. The van der Waals surface area contributed by atoms with Gasteiger partial charge in [-0.25, -0.2) is 0 Å². The molecular formula is C24H28Cl2N4O2. The Bertz CT molecular complexity index is 1010. The van der Waals surface area contributed by atoms with Crippen molar-refractivity contribution in [3.8, 4) is 0 Å². The topological polar surface area (TPSA) is 64.7 Å². The third kappa shape index (κ3) is 5.37.